The third-order valence-corrected chi connectivity index (χ3v) is 4.42. The Labute approximate surface area is 153 Å². The van der Waals surface area contributed by atoms with E-state index in [4.69, 9.17) is 4.74 Å². The maximum atomic E-state index is 11.9. The Morgan fingerprint density at radius 2 is 1.93 bits per heavy atom. The number of nitrogens with one attached hydrogen (secondary N) is 2. The van der Waals surface area contributed by atoms with E-state index in [1.165, 1.54) is 38.4 Å². The highest BCUT2D eigenvalue weighted by Crippen LogP contribution is 2.25. The van der Waals surface area contributed by atoms with Crippen molar-refractivity contribution in [3.8, 4) is 5.75 Å². The van der Waals surface area contributed by atoms with E-state index in [2.05, 4.69) is 9.46 Å². The first kappa shape index (κ1) is 22.4. The predicted molar refractivity (Wildman–Crippen MR) is 88.3 cm³/mol. The third kappa shape index (κ3) is 7.66. The van der Waals surface area contributed by atoms with Gasteiger partial charge >= 0.3 is 12.1 Å². The third-order valence-electron chi connectivity index (χ3n) is 2.99. The average molecular weight is 410 g/mol. The van der Waals surface area contributed by atoms with Crippen LogP contribution < -0.4 is 14.8 Å². The molecule has 0 fully saturated rings. The zero-order valence-electron chi connectivity index (χ0n) is 14.3. The van der Waals surface area contributed by atoms with Gasteiger partial charge < -0.3 is 14.8 Å². The lowest BCUT2D eigenvalue weighted by molar-refractivity contribution is -0.148. The second-order valence-corrected chi connectivity index (χ2v) is 6.81. The van der Waals surface area contributed by atoms with Crippen LogP contribution in [-0.2, 0) is 24.3 Å². The van der Waals surface area contributed by atoms with Crippen LogP contribution in [0.25, 0.3) is 6.08 Å². The molecule has 27 heavy (non-hydrogen) atoms. The Morgan fingerprint density at radius 3 is 2.48 bits per heavy atom. The minimum atomic E-state index is -4.57. The van der Waals surface area contributed by atoms with Gasteiger partial charge in [-0.25, -0.2) is 17.9 Å². The molecule has 0 aliphatic carbocycles. The average Bonchev–Trinajstić information content (AvgIpc) is 2.62. The van der Waals surface area contributed by atoms with Crippen molar-refractivity contribution in [1.29, 1.82) is 0 Å². The number of carbonyl (C=O) groups excluding carboxylic acids is 2. The van der Waals surface area contributed by atoms with Crippen LogP contribution in [0.15, 0.2) is 29.2 Å². The molecule has 0 saturated heterocycles. The van der Waals surface area contributed by atoms with Gasteiger partial charge in [0.2, 0.25) is 10.0 Å². The summed E-state index contributed by atoms with van der Waals surface area (Å²) >= 11 is 0. The number of carbonyl (C=O) groups is 2. The van der Waals surface area contributed by atoms with Gasteiger partial charge in [0.25, 0.3) is 5.91 Å². The summed E-state index contributed by atoms with van der Waals surface area (Å²) in [5.41, 5.74) is 0.308. The summed E-state index contributed by atoms with van der Waals surface area (Å²) < 4.78 is 71.3. The first-order valence-electron chi connectivity index (χ1n) is 7.28. The number of rotatable bonds is 8. The summed E-state index contributed by atoms with van der Waals surface area (Å²) in [6, 6.07) is 4.08. The molecule has 1 aromatic carbocycles. The number of alkyl halides is 3. The Morgan fingerprint density at radius 1 is 1.26 bits per heavy atom. The molecule has 1 aromatic rings. The molecule has 1 amide bonds. The predicted octanol–water partition coefficient (Wildman–Crippen LogP) is 0.838. The molecule has 0 atom stereocenters. The molecule has 0 aliphatic rings. The van der Waals surface area contributed by atoms with Crippen LogP contribution in [0, 0.1) is 0 Å². The van der Waals surface area contributed by atoms with Crippen molar-refractivity contribution in [2.45, 2.75) is 11.1 Å². The highest BCUT2D eigenvalue weighted by atomic mass is 32.2. The van der Waals surface area contributed by atoms with Crippen LogP contribution >= 0.6 is 0 Å². The van der Waals surface area contributed by atoms with Gasteiger partial charge in [0.1, 0.15) is 17.2 Å². The van der Waals surface area contributed by atoms with E-state index in [0.717, 1.165) is 6.08 Å². The van der Waals surface area contributed by atoms with Crippen molar-refractivity contribution in [3.63, 3.8) is 0 Å². The Bertz CT molecular complexity index is 821. The van der Waals surface area contributed by atoms with Crippen LogP contribution in [0.1, 0.15) is 5.56 Å². The Hall–Kier alpha value is -2.60. The first-order chi connectivity index (χ1) is 12.5. The van der Waals surface area contributed by atoms with E-state index in [1.54, 1.807) is 5.32 Å². The summed E-state index contributed by atoms with van der Waals surface area (Å²) in [5.74, 6) is -2.02. The van der Waals surface area contributed by atoms with E-state index in [0.29, 0.717) is 5.56 Å². The SMILES string of the molecule is CNS(=O)(=O)c1cc(/C=C/C(=O)OCC(=O)NCC(F)(F)F)ccc1OC. The number of hydrogen-bond donors (Lipinski definition) is 2. The number of halogens is 3. The summed E-state index contributed by atoms with van der Waals surface area (Å²) in [6.07, 6.45) is -2.46. The molecule has 12 heteroatoms. The fraction of sp³-hybridized carbons (Fsp3) is 0.333. The van der Waals surface area contributed by atoms with Crippen molar-refractivity contribution in [2.75, 3.05) is 27.3 Å². The van der Waals surface area contributed by atoms with Crippen LogP contribution in [0.5, 0.6) is 5.75 Å². The lowest BCUT2D eigenvalue weighted by atomic mass is 10.2. The van der Waals surface area contributed by atoms with Crippen molar-refractivity contribution in [1.82, 2.24) is 10.0 Å². The van der Waals surface area contributed by atoms with Gasteiger partial charge in [-0.2, -0.15) is 13.2 Å². The van der Waals surface area contributed by atoms with Gasteiger partial charge in [0.05, 0.1) is 7.11 Å². The van der Waals surface area contributed by atoms with E-state index >= 15 is 0 Å². The number of ether oxygens (including phenoxy) is 2. The molecule has 150 valence electrons. The standard InChI is InChI=1S/C15H17F3N2O6S/c1-19-27(23,24)12-7-10(3-5-11(12)25-2)4-6-14(22)26-8-13(21)20-9-15(16,17)18/h3-7,19H,8-9H2,1-2H3,(H,20,21)/b6-4+. The number of benzene rings is 1. The summed E-state index contributed by atoms with van der Waals surface area (Å²) in [4.78, 5) is 22.5. The molecule has 0 heterocycles. The molecule has 0 bridgehead atoms. The normalized spacial score (nSPS) is 12.0. The van der Waals surface area contributed by atoms with E-state index in [-0.39, 0.29) is 10.6 Å². The van der Waals surface area contributed by atoms with Gasteiger partial charge in [0, 0.05) is 6.08 Å². The minimum absolute atomic E-state index is 0.0883. The van der Waals surface area contributed by atoms with Crippen LogP contribution in [-0.4, -0.2) is 53.8 Å². The molecule has 1 rings (SSSR count). The zero-order valence-corrected chi connectivity index (χ0v) is 15.1. The maximum Gasteiger partial charge on any atom is 0.405 e. The zero-order chi connectivity index (χ0) is 20.7. The minimum Gasteiger partial charge on any atom is -0.495 e. The number of esters is 1. The number of amides is 1. The lowest BCUT2D eigenvalue weighted by Crippen LogP contribution is -2.36. The number of hydrogen-bond acceptors (Lipinski definition) is 6. The second-order valence-electron chi connectivity index (χ2n) is 4.95. The van der Waals surface area contributed by atoms with Gasteiger partial charge in [-0.1, -0.05) is 6.07 Å². The topological polar surface area (TPSA) is 111 Å². The monoisotopic (exact) mass is 410 g/mol. The van der Waals surface area contributed by atoms with Crippen molar-refractivity contribution < 1.29 is 40.7 Å². The number of sulfonamides is 1. The molecule has 8 nitrogen and oxygen atoms in total. The van der Waals surface area contributed by atoms with Crippen molar-refractivity contribution in [2.24, 2.45) is 0 Å². The van der Waals surface area contributed by atoms with Gasteiger partial charge in [-0.15, -0.1) is 0 Å². The van der Waals surface area contributed by atoms with Crippen molar-refractivity contribution in [3.05, 3.63) is 29.8 Å². The molecule has 0 aromatic heterocycles. The fourth-order valence-electron chi connectivity index (χ4n) is 1.72. The van der Waals surface area contributed by atoms with E-state index in [9.17, 15) is 31.2 Å². The quantitative estimate of drug-likeness (QED) is 0.485. The second kappa shape index (κ2) is 9.37. The highest BCUT2D eigenvalue weighted by Gasteiger charge is 2.27. The van der Waals surface area contributed by atoms with Crippen LogP contribution in [0.2, 0.25) is 0 Å². The molecule has 0 radical (unpaired) electrons. The summed E-state index contributed by atoms with van der Waals surface area (Å²) in [7, 11) is -1.30. The molecule has 0 spiro atoms. The van der Waals surface area contributed by atoms with E-state index in [1.807, 2.05) is 0 Å². The Balaban J connectivity index is 2.73. The molecular formula is C15H17F3N2O6S. The smallest absolute Gasteiger partial charge is 0.405 e. The van der Waals surface area contributed by atoms with Gasteiger partial charge in [-0.3, -0.25) is 4.79 Å². The molecule has 0 saturated carbocycles. The molecule has 2 N–H and O–H groups in total. The lowest BCUT2D eigenvalue weighted by Gasteiger charge is -2.09. The molecule has 0 unspecified atom stereocenters. The maximum absolute atomic E-state index is 11.9. The van der Waals surface area contributed by atoms with Crippen LogP contribution in [0.4, 0.5) is 13.2 Å². The molecule has 0 aliphatic heterocycles. The van der Waals surface area contributed by atoms with Gasteiger partial charge in [0.15, 0.2) is 6.61 Å². The summed E-state index contributed by atoms with van der Waals surface area (Å²) in [5, 5.41) is 1.54. The number of methoxy groups -OCH3 is 1. The van der Waals surface area contributed by atoms with E-state index < -0.39 is 41.2 Å². The summed E-state index contributed by atoms with van der Waals surface area (Å²) in [6.45, 7) is -2.42. The van der Waals surface area contributed by atoms with Gasteiger partial charge in [-0.05, 0) is 30.8 Å². The fourth-order valence-corrected chi connectivity index (χ4v) is 2.64. The Kier molecular flexibility index (Phi) is 7.79. The highest BCUT2D eigenvalue weighted by molar-refractivity contribution is 7.89. The molecular weight excluding hydrogens is 393 g/mol. The first-order valence-corrected chi connectivity index (χ1v) is 8.76. The van der Waals surface area contributed by atoms with Crippen LogP contribution in [0.3, 0.4) is 0 Å². The van der Waals surface area contributed by atoms with Crippen molar-refractivity contribution >= 4 is 28.0 Å². The largest absolute Gasteiger partial charge is 0.495 e.